The second-order valence-corrected chi connectivity index (χ2v) is 7.63. The van der Waals surface area contributed by atoms with Crippen LogP contribution in [0.5, 0.6) is 5.75 Å². The minimum absolute atomic E-state index is 0.327. The molecule has 0 bridgehead atoms. The summed E-state index contributed by atoms with van der Waals surface area (Å²) < 4.78 is 5.66. The standard InChI is InChI=1S/C23H24N8O2/c1-33-19-12-17(31-9-7-24-8-10-31)4-5-18(19)28-22-21-15(13-26-30-23(21)32)11-20(29-22)27-16-3-2-6-25-14-16/h2-6,11-14,24H,7-10H2,1H3,(H,30,32)(H2,27,28,29). The van der Waals surface area contributed by atoms with Gasteiger partial charge in [-0.25, -0.2) is 10.1 Å². The molecule has 0 saturated carbocycles. The molecule has 10 nitrogen and oxygen atoms in total. The van der Waals surface area contributed by atoms with Crippen LogP contribution in [0.25, 0.3) is 10.8 Å². The monoisotopic (exact) mass is 444 g/mol. The third-order valence-corrected chi connectivity index (χ3v) is 5.50. The van der Waals surface area contributed by atoms with Gasteiger partial charge in [0.25, 0.3) is 5.56 Å². The van der Waals surface area contributed by atoms with Crippen LogP contribution in [0.4, 0.5) is 28.7 Å². The molecule has 1 fully saturated rings. The predicted octanol–water partition coefficient (Wildman–Crippen LogP) is 2.62. The van der Waals surface area contributed by atoms with Gasteiger partial charge >= 0.3 is 0 Å². The van der Waals surface area contributed by atoms with Gasteiger partial charge in [-0.1, -0.05) is 0 Å². The first-order valence-corrected chi connectivity index (χ1v) is 10.7. The van der Waals surface area contributed by atoms with Crippen LogP contribution in [-0.2, 0) is 0 Å². The molecule has 10 heteroatoms. The molecule has 0 amide bonds. The molecular weight excluding hydrogens is 420 g/mol. The Hall–Kier alpha value is -4.18. The molecule has 0 unspecified atom stereocenters. The fourth-order valence-corrected chi connectivity index (χ4v) is 3.89. The lowest BCUT2D eigenvalue weighted by Crippen LogP contribution is -2.43. The highest BCUT2D eigenvalue weighted by Crippen LogP contribution is 2.34. The highest BCUT2D eigenvalue weighted by Gasteiger charge is 2.16. The Morgan fingerprint density at radius 3 is 2.76 bits per heavy atom. The Morgan fingerprint density at radius 2 is 1.97 bits per heavy atom. The molecule has 4 heterocycles. The number of nitrogens with one attached hydrogen (secondary N) is 4. The summed E-state index contributed by atoms with van der Waals surface area (Å²) in [6.45, 7) is 3.77. The van der Waals surface area contributed by atoms with Gasteiger partial charge in [-0.15, -0.1) is 0 Å². The molecule has 3 aromatic heterocycles. The third kappa shape index (κ3) is 4.41. The lowest BCUT2D eigenvalue weighted by Gasteiger charge is -2.30. The first-order valence-electron chi connectivity index (χ1n) is 10.7. The van der Waals surface area contributed by atoms with Gasteiger partial charge in [-0.2, -0.15) is 5.10 Å². The van der Waals surface area contributed by atoms with Crippen molar-refractivity contribution in [3.05, 3.63) is 65.3 Å². The van der Waals surface area contributed by atoms with Crippen LogP contribution in [0.3, 0.4) is 0 Å². The lowest BCUT2D eigenvalue weighted by atomic mass is 10.2. The zero-order chi connectivity index (χ0) is 22.6. The molecule has 4 aromatic rings. The first kappa shape index (κ1) is 20.7. The smallest absolute Gasteiger partial charge is 0.275 e. The largest absolute Gasteiger partial charge is 0.494 e. The quantitative estimate of drug-likeness (QED) is 0.356. The van der Waals surface area contributed by atoms with E-state index in [0.717, 1.165) is 37.6 Å². The second-order valence-electron chi connectivity index (χ2n) is 7.63. The summed E-state index contributed by atoms with van der Waals surface area (Å²) >= 11 is 0. The van der Waals surface area contributed by atoms with Crippen LogP contribution in [0.15, 0.2) is 59.8 Å². The van der Waals surface area contributed by atoms with E-state index in [2.05, 4.69) is 41.0 Å². The average molecular weight is 444 g/mol. The van der Waals surface area contributed by atoms with Crippen LogP contribution < -0.4 is 31.1 Å². The van der Waals surface area contributed by atoms with Gasteiger partial charge in [0.05, 0.1) is 36.3 Å². The van der Waals surface area contributed by atoms with Crippen molar-refractivity contribution >= 4 is 39.5 Å². The van der Waals surface area contributed by atoms with E-state index in [0.29, 0.717) is 33.8 Å². The van der Waals surface area contributed by atoms with Crippen LogP contribution >= 0.6 is 0 Å². The van der Waals surface area contributed by atoms with Crippen molar-refractivity contribution in [2.24, 2.45) is 0 Å². The molecule has 1 aromatic carbocycles. The van der Waals surface area contributed by atoms with Crippen LogP contribution in [-0.4, -0.2) is 53.5 Å². The molecule has 168 valence electrons. The highest BCUT2D eigenvalue weighted by molar-refractivity contribution is 5.94. The number of methoxy groups -OCH3 is 1. The van der Waals surface area contributed by atoms with Crippen molar-refractivity contribution in [1.29, 1.82) is 0 Å². The number of hydrogen-bond donors (Lipinski definition) is 4. The second kappa shape index (κ2) is 9.13. The number of nitrogens with zero attached hydrogens (tertiary/aromatic N) is 4. The summed E-state index contributed by atoms with van der Waals surface area (Å²) in [5, 5.41) is 17.4. The summed E-state index contributed by atoms with van der Waals surface area (Å²) in [5.41, 5.74) is 2.25. The lowest BCUT2D eigenvalue weighted by molar-refractivity contribution is 0.416. The fraction of sp³-hybridized carbons (Fsp3) is 0.217. The Bertz CT molecular complexity index is 1320. The number of rotatable bonds is 6. The van der Waals surface area contributed by atoms with Crippen LogP contribution in [0, 0.1) is 0 Å². The summed E-state index contributed by atoms with van der Waals surface area (Å²) in [6, 6.07) is 11.5. The Kier molecular flexibility index (Phi) is 5.73. The summed E-state index contributed by atoms with van der Waals surface area (Å²) in [6.07, 6.45) is 5.00. The number of H-pyrrole nitrogens is 1. The average Bonchev–Trinajstić information content (AvgIpc) is 2.85. The van der Waals surface area contributed by atoms with E-state index in [1.807, 2.05) is 30.3 Å². The van der Waals surface area contributed by atoms with E-state index in [1.54, 1.807) is 31.8 Å². The number of piperazine rings is 1. The maximum Gasteiger partial charge on any atom is 0.275 e. The maximum absolute atomic E-state index is 12.6. The molecule has 1 aliphatic heterocycles. The molecule has 0 aliphatic carbocycles. The maximum atomic E-state index is 12.6. The van der Waals surface area contributed by atoms with Gasteiger partial charge in [-0.05, 0) is 30.3 Å². The Morgan fingerprint density at radius 1 is 1.09 bits per heavy atom. The number of fused-ring (bicyclic) bond motifs is 1. The van der Waals surface area contributed by atoms with E-state index in [4.69, 9.17) is 4.74 Å². The van der Waals surface area contributed by atoms with Crippen molar-refractivity contribution in [3.63, 3.8) is 0 Å². The number of hydrogen-bond acceptors (Lipinski definition) is 9. The normalized spacial score (nSPS) is 13.7. The van der Waals surface area contributed by atoms with Crippen LogP contribution in [0.2, 0.25) is 0 Å². The summed E-state index contributed by atoms with van der Waals surface area (Å²) in [7, 11) is 1.63. The Balaban J connectivity index is 1.53. The number of anilines is 5. The van der Waals surface area contributed by atoms with E-state index >= 15 is 0 Å². The molecule has 33 heavy (non-hydrogen) atoms. The van der Waals surface area contributed by atoms with Gasteiger partial charge in [0.15, 0.2) is 0 Å². The number of aromatic amines is 1. The van der Waals surface area contributed by atoms with E-state index < -0.39 is 0 Å². The molecular formula is C23H24N8O2. The summed E-state index contributed by atoms with van der Waals surface area (Å²) in [4.78, 5) is 23.7. The number of benzene rings is 1. The first-order chi connectivity index (χ1) is 16.2. The highest BCUT2D eigenvalue weighted by atomic mass is 16.5. The van der Waals surface area contributed by atoms with Gasteiger partial charge in [0.2, 0.25) is 0 Å². The Labute approximate surface area is 190 Å². The van der Waals surface area contributed by atoms with Crippen molar-refractivity contribution in [3.8, 4) is 5.75 Å². The molecule has 1 saturated heterocycles. The van der Waals surface area contributed by atoms with Gasteiger partial charge < -0.3 is 25.6 Å². The third-order valence-electron chi connectivity index (χ3n) is 5.50. The molecule has 0 atom stereocenters. The van der Waals surface area contributed by atoms with Gasteiger partial charge in [0, 0.05) is 49.5 Å². The zero-order valence-corrected chi connectivity index (χ0v) is 18.1. The molecule has 0 radical (unpaired) electrons. The van der Waals surface area contributed by atoms with E-state index in [-0.39, 0.29) is 5.56 Å². The number of aromatic nitrogens is 4. The minimum atomic E-state index is -0.327. The molecule has 0 spiro atoms. The van der Waals surface area contributed by atoms with Gasteiger partial charge in [-0.3, -0.25) is 9.78 Å². The van der Waals surface area contributed by atoms with Crippen molar-refractivity contribution in [2.45, 2.75) is 0 Å². The van der Waals surface area contributed by atoms with Gasteiger partial charge in [0.1, 0.15) is 17.4 Å². The number of pyridine rings is 2. The summed E-state index contributed by atoms with van der Waals surface area (Å²) in [5.74, 6) is 1.62. The van der Waals surface area contributed by atoms with E-state index in [1.165, 1.54) is 0 Å². The minimum Gasteiger partial charge on any atom is -0.494 e. The molecule has 1 aliphatic rings. The molecule has 5 rings (SSSR count). The SMILES string of the molecule is COc1cc(N2CCNCC2)ccc1Nc1nc(Nc2cccnc2)cc2cn[nH]c(=O)c12. The topological polar surface area (TPSA) is 120 Å². The van der Waals surface area contributed by atoms with Crippen molar-refractivity contribution in [1.82, 2.24) is 25.5 Å². The number of ether oxygens (including phenoxy) is 1. The zero-order valence-electron chi connectivity index (χ0n) is 18.1. The molecule has 4 N–H and O–H groups in total. The van der Waals surface area contributed by atoms with Crippen molar-refractivity contribution < 1.29 is 4.74 Å². The van der Waals surface area contributed by atoms with Crippen LogP contribution in [0.1, 0.15) is 0 Å². The van der Waals surface area contributed by atoms with E-state index in [9.17, 15) is 4.79 Å². The fourth-order valence-electron chi connectivity index (χ4n) is 3.89. The predicted molar refractivity (Wildman–Crippen MR) is 129 cm³/mol. The van der Waals surface area contributed by atoms with Crippen molar-refractivity contribution in [2.75, 3.05) is 48.8 Å².